The van der Waals surface area contributed by atoms with E-state index in [1.165, 1.54) is 32.1 Å². The Labute approximate surface area is 120 Å². The van der Waals surface area contributed by atoms with Crippen LogP contribution in [0.3, 0.4) is 0 Å². The van der Waals surface area contributed by atoms with Gasteiger partial charge in [-0.05, 0) is 6.42 Å². The third kappa shape index (κ3) is 8.38. The highest BCUT2D eigenvalue weighted by Gasteiger charge is 2.29. The van der Waals surface area contributed by atoms with Gasteiger partial charge < -0.3 is 9.90 Å². The summed E-state index contributed by atoms with van der Waals surface area (Å²) in [6.45, 7) is 12.0. The van der Waals surface area contributed by atoms with Crippen LogP contribution in [0.25, 0.3) is 0 Å². The number of aliphatic hydroxyl groups excluding tert-OH is 1. The van der Waals surface area contributed by atoms with Crippen LogP contribution < -0.4 is 0 Å². The average molecular weight is 285 g/mol. The smallest absolute Gasteiger partial charge is 0.137 e. The highest BCUT2D eigenvalue weighted by Crippen LogP contribution is 2.17. The number of hydrogen-bond acceptors (Lipinski definition) is 2. The predicted octanol–water partition coefficient (Wildman–Crippen LogP) is 4.49. The molecule has 0 saturated heterocycles. The van der Waals surface area contributed by atoms with Crippen LogP contribution in [-0.4, -0.2) is 24.7 Å². The molecular weight excluding hydrogens is 252 g/mol. The Morgan fingerprint density at radius 2 is 1.53 bits per heavy atom. The van der Waals surface area contributed by atoms with Gasteiger partial charge in [-0.1, -0.05) is 78.1 Å². The monoisotopic (exact) mass is 284 g/mol. The van der Waals surface area contributed by atoms with E-state index < -0.39 is 14.2 Å². The van der Waals surface area contributed by atoms with Gasteiger partial charge in [-0.15, -0.1) is 0 Å². The summed E-state index contributed by atoms with van der Waals surface area (Å²) in [6, 6.07) is 0. The van der Waals surface area contributed by atoms with Crippen LogP contribution in [0.2, 0.25) is 19.6 Å². The van der Waals surface area contributed by atoms with Crippen molar-refractivity contribution >= 4 is 13.5 Å². The van der Waals surface area contributed by atoms with E-state index in [0.29, 0.717) is 12.0 Å². The molecule has 1 N–H and O–H groups in total. The number of carbonyl (C=O) groups is 1. The second-order valence-corrected chi connectivity index (χ2v) is 11.5. The van der Waals surface area contributed by atoms with E-state index in [4.69, 9.17) is 0 Å². The minimum absolute atomic E-state index is 0.114. The van der Waals surface area contributed by atoms with Crippen molar-refractivity contribution in [1.29, 1.82) is 0 Å². The van der Waals surface area contributed by atoms with E-state index in [1.54, 1.807) is 0 Å². The first kappa shape index (κ1) is 18.6. The summed E-state index contributed by atoms with van der Waals surface area (Å²) >= 11 is 0. The number of aliphatic hydroxyl groups is 1. The SMILES string of the molecule is C=C(C(=O)[Si](C)(C)C)C(O)CCCCCCCCC. The van der Waals surface area contributed by atoms with Crippen molar-refractivity contribution in [2.45, 2.75) is 84.0 Å². The molecule has 1 unspecified atom stereocenters. The molecule has 112 valence electrons. The average Bonchev–Trinajstić information content (AvgIpc) is 2.34. The minimum atomic E-state index is -1.85. The molecule has 3 heteroatoms. The molecule has 19 heavy (non-hydrogen) atoms. The maximum Gasteiger partial charge on any atom is 0.137 e. The van der Waals surface area contributed by atoms with Gasteiger partial charge in [0.2, 0.25) is 0 Å². The Hall–Kier alpha value is -0.413. The molecule has 0 aromatic rings. The van der Waals surface area contributed by atoms with Crippen molar-refractivity contribution < 1.29 is 9.90 Å². The van der Waals surface area contributed by atoms with Crippen LogP contribution in [0.4, 0.5) is 0 Å². The first-order chi connectivity index (χ1) is 8.80. The van der Waals surface area contributed by atoms with Gasteiger partial charge in [-0.2, -0.15) is 0 Å². The second kappa shape index (κ2) is 9.48. The molecule has 2 nitrogen and oxygen atoms in total. The standard InChI is InChI=1S/C16H32O2Si/c1-6-7-8-9-10-11-12-13-15(17)14(2)16(18)19(3,4)5/h15,17H,2,6-13H2,1,3-5H3. The molecule has 0 heterocycles. The van der Waals surface area contributed by atoms with Gasteiger partial charge in [-0.25, -0.2) is 0 Å². The number of hydrogen-bond donors (Lipinski definition) is 1. The van der Waals surface area contributed by atoms with Gasteiger partial charge in [0.05, 0.1) is 6.10 Å². The Bertz CT molecular complexity index is 279. The first-order valence-electron chi connectivity index (χ1n) is 7.72. The zero-order valence-electron chi connectivity index (χ0n) is 13.3. The van der Waals surface area contributed by atoms with Crippen molar-refractivity contribution in [3.63, 3.8) is 0 Å². The molecule has 0 aliphatic rings. The molecule has 0 aromatic carbocycles. The number of rotatable bonds is 11. The van der Waals surface area contributed by atoms with Crippen LogP contribution in [-0.2, 0) is 4.79 Å². The quantitative estimate of drug-likeness (QED) is 0.345. The van der Waals surface area contributed by atoms with Crippen LogP contribution >= 0.6 is 0 Å². The summed E-state index contributed by atoms with van der Waals surface area (Å²) in [7, 11) is -1.85. The highest BCUT2D eigenvalue weighted by atomic mass is 28.3. The Morgan fingerprint density at radius 3 is 2.00 bits per heavy atom. The van der Waals surface area contributed by atoms with E-state index in [9.17, 15) is 9.90 Å². The van der Waals surface area contributed by atoms with Gasteiger partial charge >= 0.3 is 0 Å². The third-order valence-electron chi connectivity index (χ3n) is 3.46. The normalized spacial score (nSPS) is 13.3. The maximum atomic E-state index is 12.0. The lowest BCUT2D eigenvalue weighted by Crippen LogP contribution is -2.37. The topological polar surface area (TPSA) is 37.3 Å². The largest absolute Gasteiger partial charge is 0.388 e. The number of unbranched alkanes of at least 4 members (excludes halogenated alkanes) is 6. The summed E-state index contributed by atoms with van der Waals surface area (Å²) in [6.07, 6.45) is 8.64. The van der Waals surface area contributed by atoms with Crippen molar-refractivity contribution in [2.24, 2.45) is 0 Å². The lowest BCUT2D eigenvalue weighted by Gasteiger charge is -2.19. The summed E-state index contributed by atoms with van der Waals surface area (Å²) in [4.78, 5) is 12.0. The van der Waals surface area contributed by atoms with Crippen LogP contribution in [0, 0.1) is 0 Å². The zero-order chi connectivity index (χ0) is 14.9. The zero-order valence-corrected chi connectivity index (χ0v) is 14.3. The van der Waals surface area contributed by atoms with E-state index >= 15 is 0 Å². The van der Waals surface area contributed by atoms with Crippen molar-refractivity contribution in [1.82, 2.24) is 0 Å². The fourth-order valence-corrected chi connectivity index (χ4v) is 3.23. The van der Waals surface area contributed by atoms with E-state index in [1.807, 2.05) is 19.6 Å². The molecule has 0 spiro atoms. The lowest BCUT2D eigenvalue weighted by atomic mass is 10.0. The summed E-state index contributed by atoms with van der Waals surface area (Å²) in [5.74, 6) is 0. The molecule has 0 fully saturated rings. The Balaban J connectivity index is 3.78. The molecule has 0 amide bonds. The van der Waals surface area contributed by atoms with Crippen LogP contribution in [0.1, 0.15) is 58.3 Å². The fourth-order valence-electron chi connectivity index (χ4n) is 2.10. The van der Waals surface area contributed by atoms with Crippen molar-refractivity contribution in [3.8, 4) is 0 Å². The minimum Gasteiger partial charge on any atom is -0.388 e. The summed E-state index contributed by atoms with van der Waals surface area (Å²) in [5.41, 5.74) is 0.435. The third-order valence-corrected chi connectivity index (χ3v) is 5.14. The lowest BCUT2D eigenvalue weighted by molar-refractivity contribution is -0.110. The molecule has 0 aliphatic carbocycles. The van der Waals surface area contributed by atoms with Crippen LogP contribution in [0.15, 0.2) is 12.2 Å². The molecule has 0 aliphatic heterocycles. The molecule has 1 atom stereocenters. The molecule has 0 aromatic heterocycles. The molecule has 0 rings (SSSR count). The molecular formula is C16H32O2Si. The van der Waals surface area contributed by atoms with Gasteiger partial charge in [0, 0.05) is 5.57 Å². The molecule has 0 saturated carbocycles. The molecule has 0 radical (unpaired) electrons. The van der Waals surface area contributed by atoms with E-state index in [-0.39, 0.29) is 5.41 Å². The number of carbonyl (C=O) groups excluding carboxylic acids is 1. The fraction of sp³-hybridized carbons (Fsp3) is 0.812. The maximum absolute atomic E-state index is 12.0. The highest BCUT2D eigenvalue weighted by molar-refractivity contribution is 7.05. The van der Waals surface area contributed by atoms with Crippen molar-refractivity contribution in [3.05, 3.63) is 12.2 Å². The van der Waals surface area contributed by atoms with Gasteiger partial charge in [0.15, 0.2) is 0 Å². The first-order valence-corrected chi connectivity index (χ1v) is 11.2. The predicted molar refractivity (Wildman–Crippen MR) is 86.1 cm³/mol. The summed E-state index contributed by atoms with van der Waals surface area (Å²) < 4.78 is 0. The van der Waals surface area contributed by atoms with Gasteiger partial charge in [0.1, 0.15) is 13.5 Å². The van der Waals surface area contributed by atoms with Crippen LogP contribution in [0.5, 0.6) is 0 Å². The Morgan fingerprint density at radius 1 is 1.05 bits per heavy atom. The van der Waals surface area contributed by atoms with Crippen molar-refractivity contribution in [2.75, 3.05) is 0 Å². The van der Waals surface area contributed by atoms with Gasteiger partial charge in [0.25, 0.3) is 0 Å². The second-order valence-electron chi connectivity index (χ2n) is 6.53. The Kier molecular flexibility index (Phi) is 9.28. The molecule has 0 bridgehead atoms. The van der Waals surface area contributed by atoms with E-state index in [0.717, 1.165) is 12.8 Å². The summed E-state index contributed by atoms with van der Waals surface area (Å²) in [5, 5.41) is 10.1. The van der Waals surface area contributed by atoms with Gasteiger partial charge in [-0.3, -0.25) is 0 Å². The van der Waals surface area contributed by atoms with E-state index in [2.05, 4.69) is 13.5 Å².